The zero-order chi connectivity index (χ0) is 14.6. The van der Waals surface area contributed by atoms with E-state index >= 15 is 0 Å². The smallest absolute Gasteiger partial charge is 0.407 e. The Kier molecular flexibility index (Phi) is 5.35. The summed E-state index contributed by atoms with van der Waals surface area (Å²) in [6.45, 7) is 7.32. The van der Waals surface area contributed by atoms with Gasteiger partial charge >= 0.3 is 6.09 Å². The SMILES string of the molecule is CC(Cc1ccc(F)c(Br)c1)NC(=O)OC(C)(C)C. The summed E-state index contributed by atoms with van der Waals surface area (Å²) in [6, 6.07) is 4.72. The lowest BCUT2D eigenvalue weighted by Crippen LogP contribution is -2.38. The van der Waals surface area contributed by atoms with E-state index in [-0.39, 0.29) is 11.9 Å². The zero-order valence-electron chi connectivity index (χ0n) is 11.6. The maximum Gasteiger partial charge on any atom is 0.407 e. The van der Waals surface area contributed by atoms with Crippen molar-refractivity contribution in [1.29, 1.82) is 0 Å². The van der Waals surface area contributed by atoms with Gasteiger partial charge in [-0.05, 0) is 67.7 Å². The maximum absolute atomic E-state index is 13.1. The van der Waals surface area contributed by atoms with Crippen LogP contribution in [-0.4, -0.2) is 17.7 Å². The monoisotopic (exact) mass is 331 g/mol. The number of rotatable bonds is 3. The van der Waals surface area contributed by atoms with E-state index in [1.807, 2.05) is 27.7 Å². The second-order valence-corrected chi connectivity index (χ2v) is 6.35. The highest BCUT2D eigenvalue weighted by atomic mass is 79.9. The number of hydrogen-bond acceptors (Lipinski definition) is 2. The summed E-state index contributed by atoms with van der Waals surface area (Å²) in [4.78, 5) is 11.6. The standard InChI is InChI=1S/C14H19BrFNO2/c1-9(17-13(18)19-14(2,3)4)7-10-5-6-12(16)11(15)8-10/h5-6,8-9H,7H2,1-4H3,(H,17,18). The van der Waals surface area contributed by atoms with Crippen molar-refractivity contribution in [3.05, 3.63) is 34.1 Å². The molecule has 1 amide bonds. The minimum Gasteiger partial charge on any atom is -0.444 e. The van der Waals surface area contributed by atoms with Crippen LogP contribution in [0.1, 0.15) is 33.3 Å². The first-order valence-electron chi connectivity index (χ1n) is 6.11. The van der Waals surface area contributed by atoms with E-state index in [1.54, 1.807) is 12.1 Å². The molecule has 0 bridgehead atoms. The molecular weight excluding hydrogens is 313 g/mol. The van der Waals surface area contributed by atoms with E-state index in [4.69, 9.17) is 4.74 Å². The van der Waals surface area contributed by atoms with Crippen LogP contribution in [-0.2, 0) is 11.2 Å². The van der Waals surface area contributed by atoms with E-state index in [1.165, 1.54) is 6.07 Å². The van der Waals surface area contributed by atoms with E-state index in [0.29, 0.717) is 10.9 Å². The first-order valence-corrected chi connectivity index (χ1v) is 6.90. The predicted molar refractivity (Wildman–Crippen MR) is 76.6 cm³/mol. The van der Waals surface area contributed by atoms with Gasteiger partial charge in [0, 0.05) is 6.04 Å². The van der Waals surface area contributed by atoms with Gasteiger partial charge in [0.1, 0.15) is 11.4 Å². The fourth-order valence-corrected chi connectivity index (χ4v) is 2.01. The van der Waals surface area contributed by atoms with Gasteiger partial charge in [0.25, 0.3) is 0 Å². The summed E-state index contributed by atoms with van der Waals surface area (Å²) < 4.78 is 18.7. The highest BCUT2D eigenvalue weighted by Gasteiger charge is 2.17. The molecule has 0 aliphatic carbocycles. The quantitative estimate of drug-likeness (QED) is 0.907. The van der Waals surface area contributed by atoms with Crippen molar-refractivity contribution in [2.45, 2.75) is 45.8 Å². The Morgan fingerprint density at radius 1 is 1.47 bits per heavy atom. The molecular formula is C14H19BrFNO2. The lowest BCUT2D eigenvalue weighted by Gasteiger charge is -2.22. The Hall–Kier alpha value is -1.10. The summed E-state index contributed by atoms with van der Waals surface area (Å²) in [6.07, 6.45) is 0.166. The first kappa shape index (κ1) is 16.0. The van der Waals surface area contributed by atoms with Gasteiger partial charge in [-0.25, -0.2) is 9.18 Å². The molecule has 0 saturated heterocycles. The summed E-state index contributed by atoms with van der Waals surface area (Å²) in [5, 5.41) is 2.75. The van der Waals surface area contributed by atoms with Crippen LogP contribution in [0.2, 0.25) is 0 Å². The third kappa shape index (κ3) is 6.05. The molecule has 1 rings (SSSR count). The summed E-state index contributed by atoms with van der Waals surface area (Å²) in [7, 11) is 0. The second kappa shape index (κ2) is 6.37. The number of ether oxygens (including phenoxy) is 1. The van der Waals surface area contributed by atoms with Crippen LogP contribution in [0.5, 0.6) is 0 Å². The van der Waals surface area contributed by atoms with Crippen molar-refractivity contribution in [3.8, 4) is 0 Å². The Morgan fingerprint density at radius 3 is 2.63 bits per heavy atom. The Morgan fingerprint density at radius 2 is 2.11 bits per heavy atom. The summed E-state index contributed by atoms with van der Waals surface area (Å²) in [5.74, 6) is -0.295. The Labute approximate surface area is 121 Å². The number of carbonyl (C=O) groups excluding carboxylic acids is 1. The molecule has 1 unspecified atom stereocenters. The molecule has 1 atom stereocenters. The summed E-state index contributed by atoms with van der Waals surface area (Å²) in [5.41, 5.74) is 0.430. The molecule has 0 saturated carbocycles. The van der Waals surface area contributed by atoms with Gasteiger partial charge in [0.2, 0.25) is 0 Å². The van der Waals surface area contributed by atoms with Crippen LogP contribution in [0, 0.1) is 5.82 Å². The molecule has 19 heavy (non-hydrogen) atoms. The number of amides is 1. The number of halogens is 2. The Balaban J connectivity index is 2.53. The lowest BCUT2D eigenvalue weighted by atomic mass is 10.1. The number of hydrogen-bond donors (Lipinski definition) is 1. The average Bonchev–Trinajstić information content (AvgIpc) is 2.20. The van der Waals surface area contributed by atoms with Gasteiger partial charge in [0.15, 0.2) is 0 Å². The molecule has 0 spiro atoms. The zero-order valence-corrected chi connectivity index (χ0v) is 13.2. The largest absolute Gasteiger partial charge is 0.444 e. The lowest BCUT2D eigenvalue weighted by molar-refractivity contribution is 0.0508. The van der Waals surface area contributed by atoms with Gasteiger partial charge in [-0.3, -0.25) is 0 Å². The number of carbonyl (C=O) groups is 1. The van der Waals surface area contributed by atoms with Crippen LogP contribution >= 0.6 is 15.9 Å². The minimum atomic E-state index is -0.511. The molecule has 1 aromatic carbocycles. The molecule has 1 aromatic rings. The van der Waals surface area contributed by atoms with Crippen LogP contribution in [0.3, 0.4) is 0 Å². The molecule has 0 heterocycles. The molecule has 1 N–H and O–H groups in total. The van der Waals surface area contributed by atoms with Crippen LogP contribution in [0.25, 0.3) is 0 Å². The van der Waals surface area contributed by atoms with Crippen molar-refractivity contribution < 1.29 is 13.9 Å². The molecule has 0 fully saturated rings. The van der Waals surface area contributed by atoms with Crippen LogP contribution in [0.15, 0.2) is 22.7 Å². The molecule has 0 radical (unpaired) electrons. The fourth-order valence-electron chi connectivity index (χ4n) is 1.58. The van der Waals surface area contributed by atoms with Crippen molar-refractivity contribution in [3.63, 3.8) is 0 Å². The van der Waals surface area contributed by atoms with Gasteiger partial charge in [-0.1, -0.05) is 6.07 Å². The minimum absolute atomic E-state index is 0.0905. The molecule has 106 valence electrons. The third-order valence-electron chi connectivity index (χ3n) is 2.29. The van der Waals surface area contributed by atoms with Gasteiger partial charge < -0.3 is 10.1 Å². The van der Waals surface area contributed by atoms with Crippen molar-refractivity contribution in [1.82, 2.24) is 5.32 Å². The van der Waals surface area contributed by atoms with Crippen molar-refractivity contribution in [2.24, 2.45) is 0 Å². The van der Waals surface area contributed by atoms with Gasteiger partial charge in [-0.15, -0.1) is 0 Å². The molecule has 0 aliphatic rings. The highest BCUT2D eigenvalue weighted by molar-refractivity contribution is 9.10. The first-order chi connectivity index (χ1) is 8.67. The van der Waals surface area contributed by atoms with Gasteiger partial charge in [0.05, 0.1) is 4.47 Å². The van der Waals surface area contributed by atoms with E-state index in [0.717, 1.165) is 5.56 Å². The number of benzene rings is 1. The van der Waals surface area contributed by atoms with E-state index < -0.39 is 11.7 Å². The number of nitrogens with one attached hydrogen (secondary N) is 1. The fraction of sp³-hybridized carbons (Fsp3) is 0.500. The highest BCUT2D eigenvalue weighted by Crippen LogP contribution is 2.18. The van der Waals surface area contributed by atoms with E-state index in [2.05, 4.69) is 21.2 Å². The van der Waals surface area contributed by atoms with E-state index in [9.17, 15) is 9.18 Å². The van der Waals surface area contributed by atoms with Crippen LogP contribution in [0.4, 0.5) is 9.18 Å². The van der Waals surface area contributed by atoms with Crippen molar-refractivity contribution in [2.75, 3.05) is 0 Å². The number of alkyl carbamates (subject to hydrolysis) is 1. The van der Waals surface area contributed by atoms with Gasteiger partial charge in [-0.2, -0.15) is 0 Å². The topological polar surface area (TPSA) is 38.3 Å². The Bertz CT molecular complexity index is 457. The molecule has 5 heteroatoms. The summed E-state index contributed by atoms with van der Waals surface area (Å²) >= 11 is 3.14. The maximum atomic E-state index is 13.1. The predicted octanol–water partition coefficient (Wildman–Crippen LogP) is 4.04. The average molecular weight is 332 g/mol. The normalized spacial score (nSPS) is 12.9. The van der Waals surface area contributed by atoms with Crippen LogP contribution < -0.4 is 5.32 Å². The molecule has 0 aromatic heterocycles. The second-order valence-electron chi connectivity index (χ2n) is 5.50. The molecule has 3 nitrogen and oxygen atoms in total. The molecule has 0 aliphatic heterocycles. The van der Waals surface area contributed by atoms with Crippen molar-refractivity contribution >= 4 is 22.0 Å². The third-order valence-corrected chi connectivity index (χ3v) is 2.90.